The van der Waals surface area contributed by atoms with E-state index >= 15 is 0 Å². The molecule has 1 aliphatic rings. The number of methoxy groups -OCH3 is 1. The van der Waals surface area contributed by atoms with E-state index < -0.39 is 4.92 Å². The van der Waals surface area contributed by atoms with Gasteiger partial charge in [0.25, 0.3) is 11.6 Å². The van der Waals surface area contributed by atoms with Crippen LogP contribution in [0.5, 0.6) is 5.75 Å². The maximum Gasteiger partial charge on any atom is 0.269 e. The van der Waals surface area contributed by atoms with Crippen LogP contribution in [0.15, 0.2) is 84.4 Å². The summed E-state index contributed by atoms with van der Waals surface area (Å²) in [5.41, 5.74) is 3.18. The van der Waals surface area contributed by atoms with E-state index in [0.717, 1.165) is 22.6 Å². The van der Waals surface area contributed by atoms with Crippen LogP contribution in [0, 0.1) is 10.1 Å². The SMILES string of the molecule is COc1ccc(N2C(=O)/C(=C\c3ccc([N+](=O)[O-])cc3)C2c2ccccc2)cc1. The zero-order valence-corrected chi connectivity index (χ0v) is 15.7. The topological polar surface area (TPSA) is 72.7 Å². The molecule has 1 aliphatic heterocycles. The molecule has 0 saturated carbocycles. The Morgan fingerprint density at radius 1 is 0.966 bits per heavy atom. The van der Waals surface area contributed by atoms with Gasteiger partial charge in [0.2, 0.25) is 0 Å². The minimum absolute atomic E-state index is 0.0200. The number of benzene rings is 3. The molecule has 6 heteroatoms. The summed E-state index contributed by atoms with van der Waals surface area (Å²) in [7, 11) is 1.60. The van der Waals surface area contributed by atoms with Crippen LogP contribution in [0.25, 0.3) is 6.08 Å². The second-order valence-electron chi connectivity index (χ2n) is 6.63. The number of hydrogen-bond acceptors (Lipinski definition) is 4. The third-order valence-electron chi connectivity index (χ3n) is 4.91. The summed E-state index contributed by atoms with van der Waals surface area (Å²) in [4.78, 5) is 25.2. The third kappa shape index (κ3) is 3.48. The number of amides is 1. The molecule has 1 heterocycles. The van der Waals surface area contributed by atoms with Gasteiger partial charge in [-0.2, -0.15) is 0 Å². The van der Waals surface area contributed by atoms with E-state index in [1.54, 1.807) is 30.2 Å². The van der Waals surface area contributed by atoms with Crippen molar-refractivity contribution in [1.29, 1.82) is 0 Å². The van der Waals surface area contributed by atoms with Crippen LogP contribution in [0.1, 0.15) is 17.2 Å². The van der Waals surface area contributed by atoms with Crippen molar-refractivity contribution in [2.45, 2.75) is 6.04 Å². The number of nitro groups is 1. The quantitative estimate of drug-likeness (QED) is 0.274. The Morgan fingerprint density at radius 3 is 2.21 bits per heavy atom. The van der Waals surface area contributed by atoms with Crippen LogP contribution in [0.3, 0.4) is 0 Å². The smallest absolute Gasteiger partial charge is 0.269 e. The molecule has 0 N–H and O–H groups in total. The number of ether oxygens (including phenoxy) is 1. The second kappa shape index (κ2) is 7.59. The number of non-ortho nitro benzene ring substituents is 1. The van der Waals surface area contributed by atoms with Crippen molar-refractivity contribution in [2.24, 2.45) is 0 Å². The van der Waals surface area contributed by atoms with E-state index in [9.17, 15) is 14.9 Å². The summed E-state index contributed by atoms with van der Waals surface area (Å²) in [5, 5.41) is 10.9. The molecule has 1 fully saturated rings. The van der Waals surface area contributed by atoms with Crippen LogP contribution in [0.2, 0.25) is 0 Å². The molecule has 6 nitrogen and oxygen atoms in total. The number of nitro benzene ring substituents is 1. The van der Waals surface area contributed by atoms with Gasteiger partial charge in [-0.25, -0.2) is 0 Å². The van der Waals surface area contributed by atoms with Crippen molar-refractivity contribution in [1.82, 2.24) is 0 Å². The Morgan fingerprint density at radius 2 is 1.62 bits per heavy atom. The summed E-state index contributed by atoms with van der Waals surface area (Å²) >= 11 is 0. The number of hydrogen-bond donors (Lipinski definition) is 0. The highest BCUT2D eigenvalue weighted by molar-refractivity contribution is 6.18. The molecule has 1 atom stereocenters. The zero-order valence-electron chi connectivity index (χ0n) is 15.7. The Balaban J connectivity index is 1.71. The van der Waals surface area contributed by atoms with Crippen LogP contribution in [-0.2, 0) is 4.79 Å². The van der Waals surface area contributed by atoms with Crippen molar-refractivity contribution in [2.75, 3.05) is 12.0 Å². The van der Waals surface area contributed by atoms with Gasteiger partial charge in [-0.05, 0) is 53.6 Å². The predicted octanol–water partition coefficient (Wildman–Crippen LogP) is 4.77. The third-order valence-corrected chi connectivity index (χ3v) is 4.91. The number of carbonyl (C=O) groups is 1. The summed E-state index contributed by atoms with van der Waals surface area (Å²) in [5.74, 6) is 0.627. The largest absolute Gasteiger partial charge is 0.497 e. The molecule has 144 valence electrons. The fourth-order valence-electron chi connectivity index (χ4n) is 3.43. The molecule has 3 aromatic rings. The maximum atomic E-state index is 13.0. The minimum atomic E-state index is -0.441. The Hall–Kier alpha value is -3.93. The van der Waals surface area contributed by atoms with Gasteiger partial charge in [-0.15, -0.1) is 0 Å². The normalized spacial score (nSPS) is 17.1. The van der Waals surface area contributed by atoms with E-state index in [1.807, 2.05) is 54.6 Å². The van der Waals surface area contributed by atoms with Crippen LogP contribution < -0.4 is 9.64 Å². The molecule has 3 aromatic carbocycles. The lowest BCUT2D eigenvalue weighted by Gasteiger charge is -2.43. The maximum absolute atomic E-state index is 13.0. The highest BCUT2D eigenvalue weighted by Crippen LogP contribution is 2.44. The molecule has 1 saturated heterocycles. The first-order valence-electron chi connectivity index (χ1n) is 9.07. The van der Waals surface area contributed by atoms with Crippen molar-refractivity contribution >= 4 is 23.4 Å². The fourth-order valence-corrected chi connectivity index (χ4v) is 3.43. The van der Waals surface area contributed by atoms with Crippen molar-refractivity contribution in [3.63, 3.8) is 0 Å². The van der Waals surface area contributed by atoms with E-state index in [2.05, 4.69) is 0 Å². The van der Waals surface area contributed by atoms with Gasteiger partial charge in [0, 0.05) is 23.4 Å². The summed E-state index contributed by atoms with van der Waals surface area (Å²) in [6.07, 6.45) is 1.80. The van der Waals surface area contributed by atoms with Gasteiger partial charge in [0.15, 0.2) is 0 Å². The van der Waals surface area contributed by atoms with Crippen LogP contribution in [-0.4, -0.2) is 17.9 Å². The molecule has 29 heavy (non-hydrogen) atoms. The zero-order chi connectivity index (χ0) is 20.4. The lowest BCUT2D eigenvalue weighted by Crippen LogP contribution is -2.49. The summed E-state index contributed by atoms with van der Waals surface area (Å²) < 4.78 is 5.20. The van der Waals surface area contributed by atoms with Gasteiger partial charge in [-0.1, -0.05) is 30.3 Å². The predicted molar refractivity (Wildman–Crippen MR) is 111 cm³/mol. The molecular weight excluding hydrogens is 368 g/mol. The summed E-state index contributed by atoms with van der Waals surface area (Å²) in [6.45, 7) is 0. The van der Waals surface area contributed by atoms with Gasteiger partial charge in [-0.3, -0.25) is 19.8 Å². The van der Waals surface area contributed by atoms with E-state index in [-0.39, 0.29) is 17.6 Å². The van der Waals surface area contributed by atoms with Gasteiger partial charge in [0.1, 0.15) is 5.75 Å². The average Bonchev–Trinajstić information content (AvgIpc) is 2.76. The Bertz CT molecular complexity index is 1070. The minimum Gasteiger partial charge on any atom is -0.497 e. The number of rotatable bonds is 5. The standard InChI is InChI=1S/C23H18N2O4/c1-29-20-13-11-18(12-14-20)24-22(17-5-3-2-4-6-17)21(23(24)26)15-16-7-9-19(10-8-16)25(27)28/h2-15,22H,1H3/b21-15-. The molecule has 4 rings (SSSR count). The molecule has 0 radical (unpaired) electrons. The van der Waals surface area contributed by atoms with Gasteiger partial charge < -0.3 is 4.74 Å². The van der Waals surface area contributed by atoms with Crippen molar-refractivity contribution in [3.05, 3.63) is 106 Å². The first-order valence-corrected chi connectivity index (χ1v) is 9.07. The molecular formula is C23H18N2O4. The highest BCUT2D eigenvalue weighted by atomic mass is 16.6. The Labute approximate surface area is 167 Å². The van der Waals surface area contributed by atoms with Gasteiger partial charge in [0.05, 0.1) is 18.1 Å². The van der Waals surface area contributed by atoms with E-state index in [4.69, 9.17) is 4.74 Å². The van der Waals surface area contributed by atoms with Crippen LogP contribution in [0.4, 0.5) is 11.4 Å². The highest BCUT2D eigenvalue weighted by Gasteiger charge is 2.43. The molecule has 0 bridgehead atoms. The molecule has 1 unspecified atom stereocenters. The molecule has 0 aliphatic carbocycles. The fraction of sp³-hybridized carbons (Fsp3) is 0.0870. The number of anilines is 1. The monoisotopic (exact) mass is 386 g/mol. The summed E-state index contributed by atoms with van der Waals surface area (Å²) in [6, 6.07) is 23.1. The van der Waals surface area contributed by atoms with Gasteiger partial charge >= 0.3 is 0 Å². The average molecular weight is 386 g/mol. The first kappa shape index (κ1) is 18.4. The van der Waals surface area contributed by atoms with Crippen molar-refractivity contribution in [3.8, 4) is 5.75 Å². The molecule has 0 aromatic heterocycles. The first-order chi connectivity index (χ1) is 14.1. The van der Waals surface area contributed by atoms with E-state index in [1.165, 1.54) is 12.1 Å². The van der Waals surface area contributed by atoms with E-state index in [0.29, 0.717) is 5.57 Å². The van der Waals surface area contributed by atoms with Crippen molar-refractivity contribution < 1.29 is 14.5 Å². The number of nitrogens with zero attached hydrogens (tertiary/aromatic N) is 2. The van der Waals surface area contributed by atoms with Crippen LogP contribution >= 0.6 is 0 Å². The lowest BCUT2D eigenvalue weighted by atomic mass is 9.86. The number of β-lactam (4-membered cyclic amide) rings is 1. The lowest BCUT2D eigenvalue weighted by molar-refractivity contribution is -0.384. The number of carbonyl (C=O) groups excluding carboxylic acids is 1. The second-order valence-corrected chi connectivity index (χ2v) is 6.63. The molecule has 0 spiro atoms. The molecule has 1 amide bonds. The Kier molecular flexibility index (Phi) is 4.83.